The number of nitrogens with one attached hydrogen (secondary N) is 2. The van der Waals surface area contributed by atoms with Crippen molar-refractivity contribution in [1.29, 1.82) is 0 Å². The predicted molar refractivity (Wildman–Crippen MR) is 102 cm³/mol. The van der Waals surface area contributed by atoms with Gasteiger partial charge in [-0.1, -0.05) is 22.4 Å². The summed E-state index contributed by atoms with van der Waals surface area (Å²) in [6, 6.07) is 7.15. The third-order valence-corrected chi connectivity index (χ3v) is 7.08. The van der Waals surface area contributed by atoms with Gasteiger partial charge in [0.2, 0.25) is 5.91 Å². The molecule has 8 heteroatoms. The van der Waals surface area contributed by atoms with Gasteiger partial charge in [0, 0.05) is 22.2 Å². The van der Waals surface area contributed by atoms with E-state index in [-0.39, 0.29) is 36.0 Å². The number of amides is 1. The van der Waals surface area contributed by atoms with Crippen LogP contribution in [0.2, 0.25) is 0 Å². The normalized spacial score (nSPS) is 26.4. The summed E-state index contributed by atoms with van der Waals surface area (Å²) in [5, 5.41) is 6.00. The molecule has 2 atom stereocenters. The zero-order valence-corrected chi connectivity index (χ0v) is 16.5. The van der Waals surface area contributed by atoms with Crippen molar-refractivity contribution in [3.63, 3.8) is 0 Å². The Kier molecular flexibility index (Phi) is 6.14. The fourth-order valence-electron chi connectivity index (χ4n) is 3.60. The number of sulfone groups is 1. The Morgan fingerprint density at radius 1 is 1.12 bits per heavy atom. The number of halogens is 1. The first-order chi connectivity index (χ1) is 11.9. The SMILES string of the molecule is O=C(CNC1CS(=O)(=O)CC1N1CCCCC1)Nc1ccc(Br)cc1. The number of hydrogen-bond acceptors (Lipinski definition) is 5. The summed E-state index contributed by atoms with van der Waals surface area (Å²) in [5.41, 5.74) is 0.724. The van der Waals surface area contributed by atoms with Gasteiger partial charge in [-0.3, -0.25) is 9.69 Å². The van der Waals surface area contributed by atoms with E-state index < -0.39 is 9.84 Å². The number of rotatable bonds is 5. The summed E-state index contributed by atoms with van der Waals surface area (Å²) in [5.74, 6) is 0.141. The van der Waals surface area contributed by atoms with E-state index in [1.165, 1.54) is 6.42 Å². The number of anilines is 1. The molecular weight excluding hydrogens is 406 g/mol. The number of likely N-dealkylation sites (tertiary alicyclic amines) is 1. The Bertz CT molecular complexity index is 702. The highest BCUT2D eigenvalue weighted by atomic mass is 79.9. The van der Waals surface area contributed by atoms with Gasteiger partial charge in [-0.2, -0.15) is 0 Å². The van der Waals surface area contributed by atoms with Gasteiger partial charge < -0.3 is 10.6 Å². The fourth-order valence-corrected chi connectivity index (χ4v) is 5.85. The third kappa shape index (κ3) is 5.26. The molecule has 2 heterocycles. The molecule has 0 radical (unpaired) electrons. The van der Waals surface area contributed by atoms with Gasteiger partial charge in [0.1, 0.15) is 0 Å². The molecule has 6 nitrogen and oxygen atoms in total. The molecule has 2 aliphatic rings. The average molecular weight is 430 g/mol. The highest BCUT2D eigenvalue weighted by Gasteiger charge is 2.41. The maximum Gasteiger partial charge on any atom is 0.238 e. The molecule has 1 aromatic carbocycles. The molecule has 0 bridgehead atoms. The maximum atomic E-state index is 12.2. The van der Waals surface area contributed by atoms with E-state index in [2.05, 4.69) is 31.5 Å². The molecule has 0 saturated carbocycles. The number of carbonyl (C=O) groups is 1. The summed E-state index contributed by atoms with van der Waals surface area (Å²) in [7, 11) is -3.05. The van der Waals surface area contributed by atoms with Crippen LogP contribution < -0.4 is 10.6 Å². The van der Waals surface area contributed by atoms with E-state index >= 15 is 0 Å². The summed E-state index contributed by atoms with van der Waals surface area (Å²) in [6.07, 6.45) is 3.45. The Hall–Kier alpha value is -0.960. The second-order valence-corrected chi connectivity index (χ2v) is 9.85. The van der Waals surface area contributed by atoms with E-state index in [4.69, 9.17) is 0 Å². The number of benzene rings is 1. The maximum absolute atomic E-state index is 12.2. The van der Waals surface area contributed by atoms with Gasteiger partial charge in [0.05, 0.1) is 18.1 Å². The number of piperidine rings is 1. The lowest BCUT2D eigenvalue weighted by atomic mass is 10.1. The number of nitrogens with zero attached hydrogens (tertiary/aromatic N) is 1. The molecule has 0 spiro atoms. The molecule has 1 aromatic rings. The van der Waals surface area contributed by atoms with Crippen molar-refractivity contribution in [3.05, 3.63) is 28.7 Å². The fraction of sp³-hybridized carbons (Fsp3) is 0.588. The lowest BCUT2D eigenvalue weighted by Gasteiger charge is -2.35. The zero-order valence-electron chi connectivity index (χ0n) is 14.1. The summed E-state index contributed by atoms with van der Waals surface area (Å²) >= 11 is 3.36. The van der Waals surface area contributed by atoms with Gasteiger partial charge in [-0.25, -0.2) is 8.42 Å². The molecular formula is C17H24BrN3O3S. The van der Waals surface area contributed by atoms with Gasteiger partial charge in [0.15, 0.2) is 9.84 Å². The minimum atomic E-state index is -3.05. The summed E-state index contributed by atoms with van der Waals surface area (Å²) < 4.78 is 25.1. The van der Waals surface area contributed by atoms with Gasteiger partial charge >= 0.3 is 0 Å². The molecule has 138 valence electrons. The van der Waals surface area contributed by atoms with Gasteiger partial charge in [-0.15, -0.1) is 0 Å². The molecule has 3 rings (SSSR count). The van der Waals surface area contributed by atoms with Crippen molar-refractivity contribution >= 4 is 37.4 Å². The molecule has 0 aromatic heterocycles. The second kappa shape index (κ2) is 8.16. The summed E-state index contributed by atoms with van der Waals surface area (Å²) in [6.45, 7) is 2.01. The van der Waals surface area contributed by atoms with Gasteiger partial charge in [0.25, 0.3) is 0 Å². The molecule has 1 amide bonds. The van der Waals surface area contributed by atoms with Crippen molar-refractivity contribution in [2.24, 2.45) is 0 Å². The van der Waals surface area contributed by atoms with Crippen LogP contribution in [-0.2, 0) is 14.6 Å². The molecule has 2 fully saturated rings. The quantitative estimate of drug-likeness (QED) is 0.743. The van der Waals surface area contributed by atoms with Crippen molar-refractivity contribution in [3.8, 4) is 0 Å². The third-order valence-electron chi connectivity index (χ3n) is 4.84. The number of hydrogen-bond donors (Lipinski definition) is 2. The molecule has 2 N–H and O–H groups in total. The van der Waals surface area contributed by atoms with Crippen LogP contribution in [0, 0.1) is 0 Å². The Morgan fingerprint density at radius 2 is 1.80 bits per heavy atom. The zero-order chi connectivity index (χ0) is 17.9. The standard InChI is InChI=1S/C17H24BrN3O3S/c18-13-4-6-14(7-5-13)20-17(22)10-19-15-11-25(23,24)12-16(15)21-8-2-1-3-9-21/h4-7,15-16,19H,1-3,8-12H2,(H,20,22). The van der Waals surface area contributed by atoms with Crippen molar-refractivity contribution in [1.82, 2.24) is 10.2 Å². The topological polar surface area (TPSA) is 78.5 Å². The van der Waals surface area contributed by atoms with Gasteiger partial charge in [-0.05, 0) is 50.2 Å². The van der Waals surface area contributed by atoms with Crippen LogP contribution in [0.25, 0.3) is 0 Å². The minimum absolute atomic E-state index is 0.0224. The molecule has 0 aliphatic carbocycles. The highest BCUT2D eigenvalue weighted by Crippen LogP contribution is 2.22. The molecule has 2 unspecified atom stereocenters. The first-order valence-electron chi connectivity index (χ1n) is 8.66. The van der Waals surface area contributed by atoms with Crippen molar-refractivity contribution in [2.45, 2.75) is 31.3 Å². The Morgan fingerprint density at radius 3 is 2.48 bits per heavy atom. The monoisotopic (exact) mass is 429 g/mol. The van der Waals surface area contributed by atoms with Crippen LogP contribution in [0.3, 0.4) is 0 Å². The van der Waals surface area contributed by atoms with E-state index in [0.717, 1.165) is 36.1 Å². The minimum Gasteiger partial charge on any atom is -0.325 e. The first kappa shape index (κ1) is 18.8. The molecule has 2 aliphatic heterocycles. The Labute approximate surface area is 157 Å². The smallest absolute Gasteiger partial charge is 0.238 e. The van der Waals surface area contributed by atoms with Crippen LogP contribution in [-0.4, -0.2) is 62.4 Å². The summed E-state index contributed by atoms with van der Waals surface area (Å²) in [4.78, 5) is 14.4. The lowest BCUT2D eigenvalue weighted by molar-refractivity contribution is -0.115. The average Bonchev–Trinajstić information content (AvgIpc) is 2.91. The lowest BCUT2D eigenvalue weighted by Crippen LogP contribution is -2.52. The molecule has 25 heavy (non-hydrogen) atoms. The van der Waals surface area contributed by atoms with Crippen LogP contribution in [0.15, 0.2) is 28.7 Å². The van der Waals surface area contributed by atoms with E-state index in [9.17, 15) is 13.2 Å². The van der Waals surface area contributed by atoms with Crippen LogP contribution >= 0.6 is 15.9 Å². The van der Waals surface area contributed by atoms with E-state index in [0.29, 0.717) is 0 Å². The van der Waals surface area contributed by atoms with Crippen LogP contribution in [0.4, 0.5) is 5.69 Å². The Balaban J connectivity index is 1.56. The highest BCUT2D eigenvalue weighted by molar-refractivity contribution is 9.10. The van der Waals surface area contributed by atoms with E-state index in [1.54, 1.807) is 0 Å². The molecule has 2 saturated heterocycles. The largest absolute Gasteiger partial charge is 0.325 e. The van der Waals surface area contributed by atoms with Crippen LogP contribution in [0.5, 0.6) is 0 Å². The van der Waals surface area contributed by atoms with Crippen LogP contribution in [0.1, 0.15) is 19.3 Å². The second-order valence-electron chi connectivity index (χ2n) is 6.78. The number of carbonyl (C=O) groups excluding carboxylic acids is 1. The van der Waals surface area contributed by atoms with Crippen molar-refractivity contribution in [2.75, 3.05) is 36.5 Å². The van der Waals surface area contributed by atoms with Crippen molar-refractivity contribution < 1.29 is 13.2 Å². The predicted octanol–water partition coefficient (Wildman–Crippen LogP) is 1.63. The van der Waals surface area contributed by atoms with E-state index in [1.807, 2.05) is 24.3 Å². The first-order valence-corrected chi connectivity index (χ1v) is 11.3.